The molecule has 2 aromatic carbocycles. The van der Waals surface area contributed by atoms with E-state index >= 15 is 0 Å². The second-order valence-corrected chi connectivity index (χ2v) is 6.48. The molecule has 0 unspecified atom stereocenters. The Kier molecular flexibility index (Phi) is 5.66. The third-order valence-corrected chi connectivity index (χ3v) is 4.47. The first kappa shape index (κ1) is 18.8. The average molecular weight is 387 g/mol. The van der Waals surface area contributed by atoms with Gasteiger partial charge in [-0.2, -0.15) is 0 Å². The summed E-state index contributed by atoms with van der Waals surface area (Å²) in [4.78, 5) is 24.6. The van der Waals surface area contributed by atoms with Gasteiger partial charge in [0.05, 0.1) is 18.7 Å². The minimum atomic E-state index is -0.612. The molecular weight excluding hydrogens is 368 g/mol. The number of rotatable bonds is 5. The molecule has 1 aliphatic heterocycles. The van der Waals surface area contributed by atoms with Crippen molar-refractivity contribution in [3.63, 3.8) is 0 Å². The number of hydrogen-bond acceptors (Lipinski definition) is 4. The summed E-state index contributed by atoms with van der Waals surface area (Å²) in [6.45, 7) is 1.78. The summed E-state index contributed by atoms with van der Waals surface area (Å²) in [6, 6.07) is 13.2. The molecule has 3 rings (SSSR count). The van der Waals surface area contributed by atoms with Gasteiger partial charge in [0.2, 0.25) is 0 Å². The van der Waals surface area contributed by atoms with Crippen LogP contribution in [0, 0.1) is 0 Å². The van der Waals surface area contributed by atoms with Crippen molar-refractivity contribution in [3.8, 4) is 5.75 Å². The van der Waals surface area contributed by atoms with E-state index in [1.165, 1.54) is 0 Å². The normalized spacial score (nSPS) is 16.4. The lowest BCUT2D eigenvalue weighted by Crippen LogP contribution is -2.45. The van der Waals surface area contributed by atoms with Gasteiger partial charge < -0.3 is 20.1 Å². The number of nitrogens with one attached hydrogen (secondary N) is 2. The van der Waals surface area contributed by atoms with Crippen LogP contribution in [-0.4, -0.2) is 19.1 Å². The van der Waals surface area contributed by atoms with Crippen molar-refractivity contribution in [1.29, 1.82) is 0 Å². The van der Waals surface area contributed by atoms with E-state index in [-0.39, 0.29) is 12.6 Å². The molecule has 0 aromatic heterocycles. The predicted octanol–water partition coefficient (Wildman–Crippen LogP) is 3.72. The van der Waals surface area contributed by atoms with Crippen LogP contribution in [0.3, 0.4) is 0 Å². The van der Waals surface area contributed by atoms with Crippen molar-refractivity contribution >= 4 is 23.6 Å². The molecule has 0 saturated heterocycles. The molecule has 7 heteroatoms. The van der Waals surface area contributed by atoms with Crippen LogP contribution in [0.1, 0.15) is 24.1 Å². The lowest BCUT2D eigenvalue weighted by atomic mass is 9.95. The average Bonchev–Trinajstić information content (AvgIpc) is 2.66. The molecule has 0 fully saturated rings. The molecule has 2 amide bonds. The van der Waals surface area contributed by atoms with Crippen molar-refractivity contribution in [2.75, 3.05) is 7.11 Å². The van der Waals surface area contributed by atoms with Gasteiger partial charge in [-0.15, -0.1) is 0 Å². The van der Waals surface area contributed by atoms with Crippen LogP contribution < -0.4 is 15.4 Å². The van der Waals surface area contributed by atoms with Crippen LogP contribution in [0.4, 0.5) is 4.79 Å². The van der Waals surface area contributed by atoms with Crippen molar-refractivity contribution in [1.82, 2.24) is 10.6 Å². The van der Waals surface area contributed by atoms with E-state index in [2.05, 4.69) is 10.6 Å². The molecule has 1 atom stereocenters. The summed E-state index contributed by atoms with van der Waals surface area (Å²) < 4.78 is 10.6. The molecule has 2 N–H and O–H groups in total. The molecule has 1 aliphatic rings. The summed E-state index contributed by atoms with van der Waals surface area (Å²) in [6.07, 6.45) is 0. The maximum Gasteiger partial charge on any atom is 0.338 e. The molecule has 0 saturated carbocycles. The van der Waals surface area contributed by atoms with Crippen LogP contribution in [-0.2, 0) is 16.1 Å². The van der Waals surface area contributed by atoms with Crippen LogP contribution in [0.25, 0.3) is 0 Å². The van der Waals surface area contributed by atoms with E-state index in [1.807, 2.05) is 12.1 Å². The van der Waals surface area contributed by atoms with Crippen molar-refractivity contribution in [2.24, 2.45) is 0 Å². The fraction of sp³-hybridized carbons (Fsp3) is 0.200. The Morgan fingerprint density at radius 1 is 1.11 bits per heavy atom. The van der Waals surface area contributed by atoms with Gasteiger partial charge in [0.25, 0.3) is 0 Å². The monoisotopic (exact) mass is 386 g/mol. The Hall–Kier alpha value is -2.99. The zero-order valence-corrected chi connectivity index (χ0v) is 15.7. The summed E-state index contributed by atoms with van der Waals surface area (Å²) in [5.74, 6) is 0.224. The molecule has 0 spiro atoms. The number of benzene rings is 2. The van der Waals surface area contributed by atoms with Crippen LogP contribution in [0.5, 0.6) is 5.75 Å². The minimum Gasteiger partial charge on any atom is -0.497 e. The molecule has 140 valence electrons. The molecule has 27 heavy (non-hydrogen) atoms. The molecular formula is C20H19ClN2O4. The third-order valence-electron chi connectivity index (χ3n) is 4.22. The molecule has 2 aromatic rings. The van der Waals surface area contributed by atoms with E-state index < -0.39 is 12.0 Å². The molecule has 0 aliphatic carbocycles. The number of esters is 1. The van der Waals surface area contributed by atoms with Gasteiger partial charge >= 0.3 is 12.0 Å². The maximum atomic E-state index is 12.7. The predicted molar refractivity (Wildman–Crippen MR) is 101 cm³/mol. The van der Waals surface area contributed by atoms with Gasteiger partial charge in [-0.05, 0) is 42.3 Å². The lowest BCUT2D eigenvalue weighted by molar-refractivity contribution is -0.140. The highest BCUT2D eigenvalue weighted by Crippen LogP contribution is 2.28. The number of ether oxygens (including phenoxy) is 2. The second-order valence-electron chi connectivity index (χ2n) is 6.05. The molecule has 1 heterocycles. The zero-order chi connectivity index (χ0) is 19.4. The van der Waals surface area contributed by atoms with Gasteiger partial charge in [0.1, 0.15) is 12.4 Å². The Bertz CT molecular complexity index is 876. The van der Waals surface area contributed by atoms with Crippen molar-refractivity contribution < 1.29 is 19.1 Å². The highest BCUT2D eigenvalue weighted by atomic mass is 35.5. The van der Waals surface area contributed by atoms with Gasteiger partial charge in [-0.25, -0.2) is 9.59 Å². The van der Waals surface area contributed by atoms with E-state index in [0.29, 0.717) is 16.3 Å². The fourth-order valence-corrected chi connectivity index (χ4v) is 2.94. The minimum absolute atomic E-state index is 0.112. The van der Waals surface area contributed by atoms with Crippen LogP contribution in [0.2, 0.25) is 5.02 Å². The number of hydrogen-bond donors (Lipinski definition) is 2. The largest absolute Gasteiger partial charge is 0.497 e. The summed E-state index contributed by atoms with van der Waals surface area (Å²) in [7, 11) is 1.59. The van der Waals surface area contributed by atoms with Gasteiger partial charge in [0, 0.05) is 10.7 Å². The molecule has 0 radical (unpaired) electrons. The van der Waals surface area contributed by atoms with Gasteiger partial charge in [-0.1, -0.05) is 35.9 Å². The zero-order valence-electron chi connectivity index (χ0n) is 14.9. The van der Waals surface area contributed by atoms with Gasteiger partial charge in [-0.3, -0.25) is 0 Å². The molecule has 0 bridgehead atoms. The van der Waals surface area contributed by atoms with E-state index in [1.54, 1.807) is 50.4 Å². The quantitative estimate of drug-likeness (QED) is 0.768. The number of carbonyl (C=O) groups excluding carboxylic acids is 2. The highest BCUT2D eigenvalue weighted by Gasteiger charge is 2.32. The topological polar surface area (TPSA) is 76.7 Å². The summed E-state index contributed by atoms with van der Waals surface area (Å²) in [5, 5.41) is 5.95. The molecule has 6 nitrogen and oxygen atoms in total. The smallest absolute Gasteiger partial charge is 0.338 e. The van der Waals surface area contributed by atoms with E-state index in [0.717, 1.165) is 16.9 Å². The Labute approximate surface area is 162 Å². The number of methoxy groups -OCH3 is 1. The number of carbonyl (C=O) groups is 2. The number of urea groups is 1. The first-order valence-electron chi connectivity index (χ1n) is 8.31. The number of amides is 2. The van der Waals surface area contributed by atoms with Crippen LogP contribution in [0.15, 0.2) is 59.8 Å². The third kappa shape index (κ3) is 4.41. The number of allylic oxidation sites excluding steroid dienone is 1. The summed E-state index contributed by atoms with van der Waals surface area (Å²) in [5.41, 5.74) is 2.38. The first-order valence-corrected chi connectivity index (χ1v) is 8.69. The van der Waals surface area contributed by atoms with E-state index in [4.69, 9.17) is 21.1 Å². The Morgan fingerprint density at radius 3 is 2.41 bits per heavy atom. The standard InChI is InChI=1S/C20H19ClN2O4/c1-12-17(19(24)27-11-13-3-9-16(26-2)10-4-13)18(23-20(25)22-12)14-5-7-15(21)8-6-14/h3-10,18H,11H2,1-2H3,(H2,22,23,25)/t18-/m0/s1. The Balaban J connectivity index is 1.79. The summed E-state index contributed by atoms with van der Waals surface area (Å²) >= 11 is 5.93. The highest BCUT2D eigenvalue weighted by molar-refractivity contribution is 6.30. The van der Waals surface area contributed by atoms with Gasteiger partial charge in [0.15, 0.2) is 0 Å². The van der Waals surface area contributed by atoms with Crippen molar-refractivity contribution in [2.45, 2.75) is 19.6 Å². The first-order chi connectivity index (χ1) is 13.0. The SMILES string of the molecule is COc1ccc(COC(=O)C2=C(C)NC(=O)N[C@H]2c2ccc(Cl)cc2)cc1. The fourth-order valence-electron chi connectivity index (χ4n) is 2.82. The van der Waals surface area contributed by atoms with Crippen LogP contribution >= 0.6 is 11.6 Å². The number of halogens is 1. The Morgan fingerprint density at radius 2 is 1.78 bits per heavy atom. The van der Waals surface area contributed by atoms with Crippen molar-refractivity contribution in [3.05, 3.63) is 76.0 Å². The maximum absolute atomic E-state index is 12.7. The van der Waals surface area contributed by atoms with E-state index in [9.17, 15) is 9.59 Å². The second kappa shape index (κ2) is 8.14. The lowest BCUT2D eigenvalue weighted by Gasteiger charge is -2.28.